The fourth-order valence-electron chi connectivity index (χ4n) is 1.43. The lowest BCUT2D eigenvalue weighted by atomic mass is 10.1. The zero-order valence-electron chi connectivity index (χ0n) is 9.36. The first-order valence-corrected chi connectivity index (χ1v) is 5.00. The first-order valence-electron chi connectivity index (χ1n) is 5.00. The van der Waals surface area contributed by atoms with Crippen molar-refractivity contribution in [1.29, 1.82) is 0 Å². The third-order valence-electron chi connectivity index (χ3n) is 2.44. The van der Waals surface area contributed by atoms with Gasteiger partial charge in [-0.25, -0.2) is 4.79 Å². The number of hydrogen-bond donors (Lipinski definition) is 1. The van der Waals surface area contributed by atoms with Gasteiger partial charge in [0.05, 0.1) is 18.8 Å². The maximum absolute atomic E-state index is 11.2. The van der Waals surface area contributed by atoms with E-state index in [4.69, 9.17) is 0 Å². The van der Waals surface area contributed by atoms with Gasteiger partial charge in [0.25, 0.3) is 0 Å². The summed E-state index contributed by atoms with van der Waals surface area (Å²) in [5.74, 6) is -0.345. The number of methoxy groups -OCH3 is 1. The molecule has 0 spiro atoms. The van der Waals surface area contributed by atoms with Crippen LogP contribution >= 0.6 is 0 Å². The van der Waals surface area contributed by atoms with Crippen molar-refractivity contribution in [2.75, 3.05) is 7.11 Å². The molecule has 0 radical (unpaired) electrons. The monoisotopic (exact) mass is 211 g/mol. The number of hydrogen-bond acceptors (Lipinski definition) is 3. The molecule has 4 nitrogen and oxygen atoms in total. The molecule has 84 valence electrons. The van der Waals surface area contributed by atoms with E-state index in [1.165, 1.54) is 7.11 Å². The normalized spacial score (nSPS) is 12.5. The van der Waals surface area contributed by atoms with Crippen molar-refractivity contribution in [2.45, 2.75) is 25.9 Å². The highest BCUT2D eigenvalue weighted by Crippen LogP contribution is 2.11. The van der Waals surface area contributed by atoms with E-state index in [-0.39, 0.29) is 12.1 Å². The molecule has 1 unspecified atom stereocenters. The summed E-state index contributed by atoms with van der Waals surface area (Å²) in [6, 6.07) is 1.75. The summed E-state index contributed by atoms with van der Waals surface area (Å²) in [7, 11) is 3.21. The van der Waals surface area contributed by atoms with E-state index in [2.05, 4.69) is 4.74 Å². The molecule has 0 aliphatic rings. The Kier molecular flexibility index (Phi) is 3.91. The number of aromatic nitrogens is 1. The summed E-state index contributed by atoms with van der Waals surface area (Å²) in [4.78, 5) is 11.2. The largest absolute Gasteiger partial charge is 0.465 e. The molecule has 1 heterocycles. The highest BCUT2D eigenvalue weighted by Gasteiger charge is 2.12. The predicted molar refractivity (Wildman–Crippen MR) is 56.8 cm³/mol. The van der Waals surface area contributed by atoms with Crippen LogP contribution in [0.15, 0.2) is 12.3 Å². The van der Waals surface area contributed by atoms with Crippen molar-refractivity contribution in [3.8, 4) is 0 Å². The molecule has 0 aliphatic heterocycles. The summed E-state index contributed by atoms with van der Waals surface area (Å²) in [6.07, 6.45) is 2.62. The minimum absolute atomic E-state index is 0.345. The second-order valence-electron chi connectivity index (χ2n) is 3.59. The van der Waals surface area contributed by atoms with Crippen molar-refractivity contribution in [2.24, 2.45) is 7.05 Å². The molecule has 0 bridgehead atoms. The van der Waals surface area contributed by atoms with Crippen molar-refractivity contribution in [3.63, 3.8) is 0 Å². The third-order valence-corrected chi connectivity index (χ3v) is 2.44. The number of aryl methyl sites for hydroxylation is 1. The summed E-state index contributed by atoms with van der Waals surface area (Å²) in [6.45, 7) is 1.93. The van der Waals surface area contributed by atoms with Gasteiger partial charge in [-0.1, -0.05) is 6.92 Å². The van der Waals surface area contributed by atoms with E-state index < -0.39 is 0 Å². The molecule has 0 saturated heterocycles. The minimum Gasteiger partial charge on any atom is -0.465 e. The lowest BCUT2D eigenvalue weighted by Crippen LogP contribution is -2.10. The van der Waals surface area contributed by atoms with Crippen LogP contribution in [0.5, 0.6) is 0 Å². The van der Waals surface area contributed by atoms with Crippen LogP contribution in [0, 0.1) is 0 Å². The molecule has 1 aromatic heterocycles. The van der Waals surface area contributed by atoms with E-state index in [9.17, 15) is 9.90 Å². The molecule has 0 saturated carbocycles. The van der Waals surface area contributed by atoms with Gasteiger partial charge in [-0.15, -0.1) is 0 Å². The molecule has 1 aromatic rings. The first-order chi connectivity index (χ1) is 7.08. The smallest absolute Gasteiger partial charge is 0.339 e. The second kappa shape index (κ2) is 4.98. The Bertz CT molecular complexity index is 344. The molecule has 1 N–H and O–H groups in total. The van der Waals surface area contributed by atoms with E-state index >= 15 is 0 Å². The number of carbonyl (C=O) groups is 1. The average molecular weight is 211 g/mol. The number of ether oxygens (including phenoxy) is 1. The molecule has 15 heavy (non-hydrogen) atoms. The third kappa shape index (κ3) is 2.83. The number of esters is 1. The van der Waals surface area contributed by atoms with Crippen LogP contribution < -0.4 is 0 Å². The van der Waals surface area contributed by atoms with Gasteiger partial charge < -0.3 is 14.4 Å². The SMILES string of the molecule is CCC(O)Cc1cc(C(=O)OC)cn1C. The number of rotatable bonds is 4. The van der Waals surface area contributed by atoms with Gasteiger partial charge in [-0.05, 0) is 12.5 Å². The number of nitrogens with zero attached hydrogens (tertiary/aromatic N) is 1. The fourth-order valence-corrected chi connectivity index (χ4v) is 1.43. The van der Waals surface area contributed by atoms with Gasteiger partial charge in [0.1, 0.15) is 0 Å². The molecular weight excluding hydrogens is 194 g/mol. The van der Waals surface area contributed by atoms with Gasteiger partial charge in [-0.3, -0.25) is 0 Å². The zero-order valence-corrected chi connectivity index (χ0v) is 9.36. The Morgan fingerprint density at radius 3 is 2.87 bits per heavy atom. The highest BCUT2D eigenvalue weighted by atomic mass is 16.5. The quantitative estimate of drug-likeness (QED) is 0.759. The Hall–Kier alpha value is -1.29. The van der Waals surface area contributed by atoms with E-state index in [1.54, 1.807) is 12.3 Å². The lowest BCUT2D eigenvalue weighted by Gasteiger charge is -2.07. The van der Waals surface area contributed by atoms with Crippen molar-refractivity contribution in [3.05, 3.63) is 23.5 Å². The lowest BCUT2D eigenvalue weighted by molar-refractivity contribution is 0.0600. The van der Waals surface area contributed by atoms with E-state index in [0.29, 0.717) is 18.4 Å². The minimum atomic E-state index is -0.357. The molecule has 1 atom stereocenters. The molecule has 0 aliphatic carbocycles. The van der Waals surface area contributed by atoms with Crippen LogP contribution in [0.1, 0.15) is 29.4 Å². The number of carbonyl (C=O) groups excluding carboxylic acids is 1. The molecular formula is C11H17NO3. The Morgan fingerprint density at radius 2 is 2.33 bits per heavy atom. The maximum Gasteiger partial charge on any atom is 0.339 e. The topological polar surface area (TPSA) is 51.5 Å². The van der Waals surface area contributed by atoms with Gasteiger partial charge in [0.2, 0.25) is 0 Å². The average Bonchev–Trinajstić information content (AvgIpc) is 2.59. The summed E-state index contributed by atoms with van der Waals surface area (Å²) >= 11 is 0. The van der Waals surface area contributed by atoms with Crippen LogP contribution in [0.2, 0.25) is 0 Å². The zero-order chi connectivity index (χ0) is 11.4. The van der Waals surface area contributed by atoms with Crippen LogP contribution in [-0.2, 0) is 18.2 Å². The second-order valence-corrected chi connectivity index (χ2v) is 3.59. The number of aliphatic hydroxyl groups is 1. The standard InChI is InChI=1S/C11H17NO3/c1-4-10(13)6-9-5-8(7-12(9)2)11(14)15-3/h5,7,10,13H,4,6H2,1-3H3. The summed E-state index contributed by atoms with van der Waals surface area (Å²) < 4.78 is 6.46. The molecule has 0 amide bonds. The predicted octanol–water partition coefficient (Wildman–Crippen LogP) is 1.13. The van der Waals surface area contributed by atoms with Crippen molar-refractivity contribution in [1.82, 2.24) is 4.57 Å². The maximum atomic E-state index is 11.2. The van der Waals surface area contributed by atoms with Gasteiger partial charge in [-0.2, -0.15) is 0 Å². The molecule has 0 fully saturated rings. The van der Waals surface area contributed by atoms with E-state index in [1.807, 2.05) is 18.5 Å². The van der Waals surface area contributed by atoms with Crippen LogP contribution in [0.25, 0.3) is 0 Å². The van der Waals surface area contributed by atoms with Crippen LogP contribution in [-0.4, -0.2) is 28.9 Å². The van der Waals surface area contributed by atoms with Crippen molar-refractivity contribution >= 4 is 5.97 Å². The summed E-state index contributed by atoms with van der Waals surface area (Å²) in [5.41, 5.74) is 1.46. The van der Waals surface area contributed by atoms with Gasteiger partial charge in [0.15, 0.2) is 0 Å². The van der Waals surface area contributed by atoms with E-state index in [0.717, 1.165) is 5.69 Å². The Morgan fingerprint density at radius 1 is 1.67 bits per heavy atom. The first kappa shape index (κ1) is 11.8. The fraction of sp³-hybridized carbons (Fsp3) is 0.545. The van der Waals surface area contributed by atoms with Gasteiger partial charge >= 0.3 is 5.97 Å². The Balaban J connectivity index is 2.82. The molecule has 1 rings (SSSR count). The van der Waals surface area contributed by atoms with Gasteiger partial charge in [0, 0.05) is 25.4 Å². The number of aliphatic hydroxyl groups excluding tert-OH is 1. The summed E-state index contributed by atoms with van der Waals surface area (Å²) in [5, 5.41) is 9.51. The van der Waals surface area contributed by atoms with Crippen LogP contribution in [0.3, 0.4) is 0 Å². The molecule has 4 heteroatoms. The molecule has 0 aromatic carbocycles. The van der Waals surface area contributed by atoms with Crippen LogP contribution in [0.4, 0.5) is 0 Å². The highest BCUT2D eigenvalue weighted by molar-refractivity contribution is 5.89. The van der Waals surface area contributed by atoms with Crippen molar-refractivity contribution < 1.29 is 14.6 Å². The Labute approximate surface area is 89.5 Å².